The molecule has 0 aromatic heterocycles. The number of rotatable bonds is 4. The van der Waals surface area contributed by atoms with Crippen LogP contribution in [0.25, 0.3) is 0 Å². The molecule has 1 aromatic rings. The summed E-state index contributed by atoms with van der Waals surface area (Å²) in [5.41, 5.74) is 6.98. The Morgan fingerprint density at radius 1 is 1.38 bits per heavy atom. The molecule has 2 saturated heterocycles. The molecule has 1 amide bonds. The zero-order valence-electron chi connectivity index (χ0n) is 12.5. The van der Waals surface area contributed by atoms with Crippen LogP contribution in [-0.4, -0.2) is 49.6 Å². The van der Waals surface area contributed by atoms with E-state index in [1.807, 2.05) is 19.1 Å². The lowest BCUT2D eigenvalue weighted by molar-refractivity contribution is 0.0996. The zero-order chi connectivity index (χ0) is 14.8. The average molecular weight is 289 g/mol. The fraction of sp³-hybridized carbons (Fsp3) is 0.562. The molecule has 114 valence electrons. The van der Waals surface area contributed by atoms with Gasteiger partial charge in [0.15, 0.2) is 0 Å². The number of piperazine rings is 1. The summed E-state index contributed by atoms with van der Waals surface area (Å²) in [6.07, 6.45) is 2.59. The summed E-state index contributed by atoms with van der Waals surface area (Å²) >= 11 is 0. The molecule has 21 heavy (non-hydrogen) atoms. The molecule has 1 atom stereocenters. The van der Waals surface area contributed by atoms with Crippen LogP contribution >= 0.6 is 0 Å². The number of amides is 1. The second-order valence-corrected chi connectivity index (χ2v) is 5.76. The van der Waals surface area contributed by atoms with Crippen molar-refractivity contribution in [3.63, 3.8) is 0 Å². The minimum absolute atomic E-state index is 0.439. The summed E-state index contributed by atoms with van der Waals surface area (Å²) in [7, 11) is 0. The van der Waals surface area contributed by atoms with Crippen LogP contribution in [-0.2, 0) is 0 Å². The van der Waals surface area contributed by atoms with Crippen molar-refractivity contribution in [2.45, 2.75) is 25.8 Å². The summed E-state index contributed by atoms with van der Waals surface area (Å²) in [5, 5.41) is 0. The summed E-state index contributed by atoms with van der Waals surface area (Å²) in [5.74, 6) is 0.155. The number of carbonyl (C=O) groups excluding carboxylic acids is 1. The Morgan fingerprint density at radius 3 is 3.00 bits per heavy atom. The second kappa shape index (κ2) is 5.93. The van der Waals surface area contributed by atoms with E-state index in [0.717, 1.165) is 25.3 Å². The van der Waals surface area contributed by atoms with Crippen LogP contribution in [0.4, 0.5) is 5.69 Å². The molecule has 2 fully saturated rings. The lowest BCUT2D eigenvalue weighted by atomic mass is 10.1. The van der Waals surface area contributed by atoms with Crippen LogP contribution in [0.1, 0.15) is 30.1 Å². The molecule has 1 aromatic carbocycles. The highest BCUT2D eigenvalue weighted by Crippen LogP contribution is 2.29. The van der Waals surface area contributed by atoms with E-state index in [2.05, 4.69) is 9.80 Å². The summed E-state index contributed by atoms with van der Waals surface area (Å²) < 4.78 is 5.58. The van der Waals surface area contributed by atoms with E-state index in [1.54, 1.807) is 6.07 Å². The van der Waals surface area contributed by atoms with Gasteiger partial charge in [-0.15, -0.1) is 0 Å². The molecule has 3 rings (SSSR count). The van der Waals surface area contributed by atoms with Gasteiger partial charge in [-0.3, -0.25) is 9.69 Å². The Bertz CT molecular complexity index is 532. The van der Waals surface area contributed by atoms with E-state index < -0.39 is 5.91 Å². The number of primary amides is 1. The SMILES string of the molecule is CCOc1cc(N2CCN3CCC[C@H]3C2)ccc1C(N)=O. The molecule has 5 heteroatoms. The Kier molecular flexibility index (Phi) is 4.01. The third-order valence-corrected chi connectivity index (χ3v) is 4.48. The zero-order valence-corrected chi connectivity index (χ0v) is 12.5. The van der Waals surface area contributed by atoms with Gasteiger partial charge in [0.2, 0.25) is 0 Å². The molecule has 0 radical (unpaired) electrons. The Morgan fingerprint density at radius 2 is 2.24 bits per heavy atom. The van der Waals surface area contributed by atoms with Crippen molar-refractivity contribution in [3.05, 3.63) is 23.8 Å². The maximum absolute atomic E-state index is 11.5. The predicted octanol–water partition coefficient (Wildman–Crippen LogP) is 1.47. The van der Waals surface area contributed by atoms with E-state index in [4.69, 9.17) is 10.5 Å². The topological polar surface area (TPSA) is 58.8 Å². The van der Waals surface area contributed by atoms with Crippen LogP contribution in [0.15, 0.2) is 18.2 Å². The van der Waals surface area contributed by atoms with E-state index >= 15 is 0 Å². The minimum atomic E-state index is -0.439. The fourth-order valence-electron chi connectivity index (χ4n) is 3.41. The van der Waals surface area contributed by atoms with E-state index in [9.17, 15) is 4.79 Å². The quantitative estimate of drug-likeness (QED) is 0.912. The first kappa shape index (κ1) is 14.2. The number of benzene rings is 1. The van der Waals surface area contributed by atoms with Crippen molar-refractivity contribution in [1.29, 1.82) is 0 Å². The third-order valence-electron chi connectivity index (χ3n) is 4.48. The number of carbonyl (C=O) groups is 1. The van der Waals surface area contributed by atoms with E-state index in [0.29, 0.717) is 24.0 Å². The van der Waals surface area contributed by atoms with Crippen molar-refractivity contribution in [3.8, 4) is 5.75 Å². The standard InChI is InChI=1S/C16H23N3O2/c1-2-21-15-10-12(5-6-14(15)16(17)20)19-9-8-18-7-3-4-13(18)11-19/h5-6,10,13H,2-4,7-9,11H2,1H3,(H2,17,20)/t13-/m0/s1. The van der Waals surface area contributed by atoms with Crippen LogP contribution in [0, 0.1) is 0 Å². The summed E-state index contributed by atoms with van der Waals surface area (Å²) in [6.45, 7) is 6.88. The van der Waals surface area contributed by atoms with E-state index in [1.165, 1.54) is 19.4 Å². The number of anilines is 1. The molecule has 0 unspecified atom stereocenters. The Labute approximate surface area is 125 Å². The van der Waals surface area contributed by atoms with Gasteiger partial charge in [-0.25, -0.2) is 0 Å². The normalized spacial score (nSPS) is 22.1. The van der Waals surface area contributed by atoms with Gasteiger partial charge in [-0.1, -0.05) is 0 Å². The van der Waals surface area contributed by atoms with Gasteiger partial charge in [-0.05, 0) is 38.4 Å². The number of hydrogen-bond donors (Lipinski definition) is 1. The molecule has 2 aliphatic rings. The Hall–Kier alpha value is -1.75. The lowest BCUT2D eigenvalue weighted by Gasteiger charge is -2.39. The number of fused-ring (bicyclic) bond motifs is 1. The smallest absolute Gasteiger partial charge is 0.252 e. The van der Waals surface area contributed by atoms with Gasteiger partial charge in [-0.2, -0.15) is 0 Å². The van der Waals surface area contributed by atoms with Crippen LogP contribution < -0.4 is 15.4 Å². The van der Waals surface area contributed by atoms with Crippen molar-refractivity contribution in [2.75, 3.05) is 37.7 Å². The van der Waals surface area contributed by atoms with E-state index in [-0.39, 0.29) is 0 Å². The fourth-order valence-corrected chi connectivity index (χ4v) is 3.41. The molecule has 0 aliphatic carbocycles. The maximum Gasteiger partial charge on any atom is 0.252 e. The predicted molar refractivity (Wildman–Crippen MR) is 82.9 cm³/mol. The molecular weight excluding hydrogens is 266 g/mol. The third kappa shape index (κ3) is 2.83. The largest absolute Gasteiger partial charge is 0.493 e. The van der Waals surface area contributed by atoms with Crippen LogP contribution in [0.5, 0.6) is 5.75 Å². The highest BCUT2D eigenvalue weighted by atomic mass is 16.5. The minimum Gasteiger partial charge on any atom is -0.493 e. The molecule has 2 N–H and O–H groups in total. The van der Waals surface area contributed by atoms with Gasteiger partial charge in [0.05, 0.1) is 12.2 Å². The van der Waals surface area contributed by atoms with Gasteiger partial charge >= 0.3 is 0 Å². The number of nitrogens with two attached hydrogens (primary N) is 1. The number of ether oxygens (including phenoxy) is 1. The van der Waals surface area contributed by atoms with Gasteiger partial charge < -0.3 is 15.4 Å². The first-order valence-electron chi connectivity index (χ1n) is 7.74. The first-order chi connectivity index (χ1) is 10.2. The van der Waals surface area contributed by atoms with Gasteiger partial charge in [0, 0.05) is 37.4 Å². The lowest BCUT2D eigenvalue weighted by Crippen LogP contribution is -2.50. The Balaban J connectivity index is 1.81. The molecule has 0 saturated carbocycles. The summed E-state index contributed by atoms with van der Waals surface area (Å²) in [6, 6.07) is 6.38. The van der Waals surface area contributed by atoms with Gasteiger partial charge in [0.25, 0.3) is 5.91 Å². The van der Waals surface area contributed by atoms with Crippen LogP contribution in [0.2, 0.25) is 0 Å². The van der Waals surface area contributed by atoms with Crippen molar-refractivity contribution >= 4 is 11.6 Å². The van der Waals surface area contributed by atoms with Crippen molar-refractivity contribution in [2.24, 2.45) is 5.73 Å². The monoisotopic (exact) mass is 289 g/mol. The second-order valence-electron chi connectivity index (χ2n) is 5.76. The van der Waals surface area contributed by atoms with Crippen molar-refractivity contribution < 1.29 is 9.53 Å². The molecule has 0 spiro atoms. The number of hydrogen-bond acceptors (Lipinski definition) is 4. The molecule has 0 bridgehead atoms. The van der Waals surface area contributed by atoms with Crippen molar-refractivity contribution in [1.82, 2.24) is 4.90 Å². The van der Waals surface area contributed by atoms with Gasteiger partial charge in [0.1, 0.15) is 5.75 Å². The highest BCUT2D eigenvalue weighted by Gasteiger charge is 2.30. The molecular formula is C16H23N3O2. The van der Waals surface area contributed by atoms with Crippen LogP contribution in [0.3, 0.4) is 0 Å². The highest BCUT2D eigenvalue weighted by molar-refractivity contribution is 5.96. The molecule has 2 heterocycles. The number of nitrogens with zero attached hydrogens (tertiary/aromatic N) is 2. The average Bonchev–Trinajstić information content (AvgIpc) is 2.94. The first-order valence-corrected chi connectivity index (χ1v) is 7.74. The molecule has 2 aliphatic heterocycles. The summed E-state index contributed by atoms with van der Waals surface area (Å²) in [4.78, 5) is 16.4. The maximum atomic E-state index is 11.5. The molecule has 5 nitrogen and oxygen atoms in total.